The average molecular weight is 377 g/mol. The molecule has 0 aromatic heterocycles. The first-order chi connectivity index (χ1) is 12.8. The highest BCUT2D eigenvalue weighted by atomic mass is 16.6. The fourth-order valence-electron chi connectivity index (χ4n) is 4.12. The van der Waals surface area contributed by atoms with Gasteiger partial charge in [-0.05, 0) is 32.3 Å². The van der Waals surface area contributed by atoms with Gasteiger partial charge in [0.15, 0.2) is 0 Å². The van der Waals surface area contributed by atoms with Gasteiger partial charge >= 0.3 is 17.9 Å². The number of nitrogens with zero attached hydrogens (tertiary/aromatic N) is 1. The summed E-state index contributed by atoms with van der Waals surface area (Å²) in [6, 6.07) is -0.0586. The zero-order chi connectivity index (χ0) is 19.8. The molecule has 0 N–H and O–H groups in total. The third kappa shape index (κ3) is 3.65. The number of cyclic esters (lactones) is 1. The van der Waals surface area contributed by atoms with Crippen molar-refractivity contribution >= 4 is 17.9 Å². The molecule has 7 nitrogen and oxygen atoms in total. The van der Waals surface area contributed by atoms with Crippen molar-refractivity contribution in [2.75, 3.05) is 19.7 Å². The maximum atomic E-state index is 12.9. The van der Waals surface area contributed by atoms with Gasteiger partial charge in [-0.15, -0.1) is 0 Å². The molecule has 3 aliphatic rings. The summed E-state index contributed by atoms with van der Waals surface area (Å²) in [4.78, 5) is 39.5. The third-order valence-electron chi connectivity index (χ3n) is 5.88. The van der Waals surface area contributed by atoms with Crippen molar-refractivity contribution in [1.82, 2.24) is 4.90 Å². The van der Waals surface area contributed by atoms with E-state index >= 15 is 0 Å². The predicted octanol–water partition coefficient (Wildman–Crippen LogP) is 1.76. The highest BCUT2D eigenvalue weighted by Gasteiger charge is 2.47. The second kappa shape index (κ2) is 7.46. The van der Waals surface area contributed by atoms with Crippen molar-refractivity contribution in [2.24, 2.45) is 5.92 Å². The SMILES string of the molecule is C/C=C1/C[C@@H](C)[C@@](C)(OC(C)=O)C(=O)OCC2=CCN3CC[C@@H](OC1=O)[C@@H]23. The van der Waals surface area contributed by atoms with Gasteiger partial charge in [0.25, 0.3) is 0 Å². The number of rotatable bonds is 1. The number of hydrogen-bond acceptors (Lipinski definition) is 7. The van der Waals surface area contributed by atoms with Crippen LogP contribution in [0.4, 0.5) is 0 Å². The first-order valence-corrected chi connectivity index (χ1v) is 9.42. The van der Waals surface area contributed by atoms with Crippen LogP contribution in [0.25, 0.3) is 0 Å². The molecular weight excluding hydrogens is 350 g/mol. The standard InChI is InChI=1S/C20H27NO6/c1-5-14-10-12(2)20(4,27-13(3)22)19(24)25-11-15-6-8-21-9-7-16(17(15)21)26-18(14)23/h5-6,12,16-17H,7-11H2,1-4H3/b14-5-/t12-,16-,17-,20-/m1/s1. The molecule has 2 fully saturated rings. The average Bonchev–Trinajstić information content (AvgIpc) is 3.18. The van der Waals surface area contributed by atoms with E-state index in [1.807, 2.05) is 6.08 Å². The molecule has 148 valence electrons. The quantitative estimate of drug-likeness (QED) is 0.298. The first kappa shape index (κ1) is 19.6. The summed E-state index contributed by atoms with van der Waals surface area (Å²) in [6.45, 7) is 8.02. The fourth-order valence-corrected chi connectivity index (χ4v) is 4.12. The number of ether oxygens (including phenoxy) is 3. The Labute approximate surface area is 159 Å². The molecular formula is C20H27NO6. The Morgan fingerprint density at radius 3 is 2.81 bits per heavy atom. The van der Waals surface area contributed by atoms with Crippen molar-refractivity contribution in [2.45, 2.75) is 58.3 Å². The third-order valence-corrected chi connectivity index (χ3v) is 5.88. The lowest BCUT2D eigenvalue weighted by atomic mass is 9.84. The van der Waals surface area contributed by atoms with E-state index in [0.29, 0.717) is 5.57 Å². The van der Waals surface area contributed by atoms with Crippen LogP contribution in [-0.2, 0) is 28.6 Å². The Morgan fingerprint density at radius 1 is 1.41 bits per heavy atom. The first-order valence-electron chi connectivity index (χ1n) is 9.42. The minimum absolute atomic E-state index is 0.0586. The fraction of sp³-hybridized carbons (Fsp3) is 0.650. The Morgan fingerprint density at radius 2 is 2.15 bits per heavy atom. The molecule has 3 aliphatic heterocycles. The summed E-state index contributed by atoms with van der Waals surface area (Å²) in [5.41, 5.74) is -0.0802. The smallest absolute Gasteiger partial charge is 0.350 e. The van der Waals surface area contributed by atoms with Crippen LogP contribution in [0.15, 0.2) is 23.3 Å². The highest BCUT2D eigenvalue weighted by Crippen LogP contribution is 2.35. The lowest BCUT2D eigenvalue weighted by Gasteiger charge is -2.34. The van der Waals surface area contributed by atoms with Crippen LogP contribution in [0.1, 0.15) is 40.5 Å². The minimum atomic E-state index is -1.48. The van der Waals surface area contributed by atoms with Crippen LogP contribution in [0.2, 0.25) is 0 Å². The zero-order valence-electron chi connectivity index (χ0n) is 16.3. The molecule has 0 bridgehead atoms. The second-order valence-electron chi connectivity index (χ2n) is 7.65. The predicted molar refractivity (Wildman–Crippen MR) is 96.6 cm³/mol. The van der Waals surface area contributed by atoms with Gasteiger partial charge < -0.3 is 14.2 Å². The van der Waals surface area contributed by atoms with Crippen LogP contribution < -0.4 is 0 Å². The van der Waals surface area contributed by atoms with E-state index in [9.17, 15) is 14.4 Å². The van der Waals surface area contributed by atoms with Crippen LogP contribution in [-0.4, -0.2) is 60.3 Å². The van der Waals surface area contributed by atoms with E-state index in [2.05, 4.69) is 4.90 Å². The number of hydrogen-bond donors (Lipinski definition) is 0. The van der Waals surface area contributed by atoms with Crippen LogP contribution in [0, 0.1) is 5.92 Å². The molecule has 0 spiro atoms. The van der Waals surface area contributed by atoms with Gasteiger partial charge in [0.1, 0.15) is 12.7 Å². The Bertz CT molecular complexity index is 711. The minimum Gasteiger partial charge on any atom is -0.458 e. The van der Waals surface area contributed by atoms with Crippen LogP contribution in [0.3, 0.4) is 0 Å². The normalized spacial score (nSPS) is 36.2. The molecule has 3 rings (SSSR count). The van der Waals surface area contributed by atoms with Gasteiger partial charge in [0, 0.05) is 31.5 Å². The Balaban J connectivity index is 1.94. The highest BCUT2D eigenvalue weighted by molar-refractivity contribution is 5.89. The van der Waals surface area contributed by atoms with Crippen molar-refractivity contribution in [3.63, 3.8) is 0 Å². The molecule has 0 aromatic carbocycles. The van der Waals surface area contributed by atoms with E-state index < -0.39 is 23.5 Å². The number of carbonyl (C=O) groups is 3. The van der Waals surface area contributed by atoms with Gasteiger partial charge in [0.05, 0.1) is 6.04 Å². The maximum Gasteiger partial charge on any atom is 0.350 e. The van der Waals surface area contributed by atoms with E-state index in [1.165, 1.54) is 6.92 Å². The summed E-state index contributed by atoms with van der Waals surface area (Å²) < 4.78 is 16.8. The summed E-state index contributed by atoms with van der Waals surface area (Å²) in [6.07, 6.45) is 4.49. The Hall–Kier alpha value is -2.15. The molecule has 0 unspecified atom stereocenters. The monoisotopic (exact) mass is 377 g/mol. The van der Waals surface area contributed by atoms with E-state index in [-0.39, 0.29) is 31.1 Å². The molecule has 0 amide bonds. The van der Waals surface area contributed by atoms with Crippen LogP contribution >= 0.6 is 0 Å². The molecule has 0 aliphatic carbocycles. The van der Waals surface area contributed by atoms with Gasteiger partial charge in [-0.3, -0.25) is 9.69 Å². The van der Waals surface area contributed by atoms with E-state index in [4.69, 9.17) is 14.2 Å². The number of allylic oxidation sites excluding steroid dienone is 1. The van der Waals surface area contributed by atoms with E-state index in [1.54, 1.807) is 26.8 Å². The van der Waals surface area contributed by atoms with Crippen molar-refractivity contribution in [1.29, 1.82) is 0 Å². The number of carbonyl (C=O) groups excluding carboxylic acids is 3. The van der Waals surface area contributed by atoms with Crippen LogP contribution in [0.5, 0.6) is 0 Å². The van der Waals surface area contributed by atoms with Gasteiger partial charge in [-0.2, -0.15) is 0 Å². The van der Waals surface area contributed by atoms with Crippen molar-refractivity contribution in [3.8, 4) is 0 Å². The number of esters is 3. The summed E-state index contributed by atoms with van der Waals surface area (Å²) >= 11 is 0. The second-order valence-corrected chi connectivity index (χ2v) is 7.65. The van der Waals surface area contributed by atoms with Crippen molar-refractivity contribution < 1.29 is 28.6 Å². The lowest BCUT2D eigenvalue weighted by molar-refractivity contribution is -0.185. The van der Waals surface area contributed by atoms with Gasteiger partial charge in [-0.1, -0.05) is 19.1 Å². The lowest BCUT2D eigenvalue weighted by Crippen LogP contribution is -2.48. The van der Waals surface area contributed by atoms with Gasteiger partial charge in [-0.25, -0.2) is 9.59 Å². The molecule has 2 saturated heterocycles. The molecule has 27 heavy (non-hydrogen) atoms. The van der Waals surface area contributed by atoms with Gasteiger partial charge in [0.2, 0.25) is 5.60 Å². The van der Waals surface area contributed by atoms with Crippen molar-refractivity contribution in [3.05, 3.63) is 23.3 Å². The summed E-state index contributed by atoms with van der Waals surface area (Å²) in [7, 11) is 0. The topological polar surface area (TPSA) is 82.1 Å². The maximum absolute atomic E-state index is 12.9. The Kier molecular flexibility index (Phi) is 5.42. The molecule has 0 saturated carbocycles. The molecule has 4 atom stereocenters. The molecule has 7 heteroatoms. The molecule has 3 heterocycles. The molecule has 0 radical (unpaired) electrons. The summed E-state index contributed by atoms with van der Waals surface area (Å²) in [5, 5.41) is 0. The van der Waals surface area contributed by atoms with E-state index in [0.717, 1.165) is 25.1 Å². The largest absolute Gasteiger partial charge is 0.458 e. The summed E-state index contributed by atoms with van der Waals surface area (Å²) in [5.74, 6) is -1.99. The molecule has 0 aromatic rings. The zero-order valence-corrected chi connectivity index (χ0v) is 16.3.